The summed E-state index contributed by atoms with van der Waals surface area (Å²) in [7, 11) is 0. The second kappa shape index (κ2) is 18.2. The van der Waals surface area contributed by atoms with E-state index in [0.29, 0.717) is 55.0 Å². The Hall–Kier alpha value is -7.19. The molecular weight excluding hydrogens is 849 g/mol. The third-order valence-electron chi connectivity index (χ3n) is 10.0. The maximum absolute atomic E-state index is 13.5. The van der Waals surface area contributed by atoms with Crippen LogP contribution in [0.2, 0.25) is 15.2 Å². The van der Waals surface area contributed by atoms with Gasteiger partial charge in [0.2, 0.25) is 0 Å². The number of nitrogens with zero attached hydrogens (tertiary/aromatic N) is 4. The number of para-hydroxylation sites is 2. The van der Waals surface area contributed by atoms with Gasteiger partial charge in [-0.1, -0.05) is 95.5 Å². The standard InChI is InChI=1S/C23H18Cl2N4O2.C23H20ClN5O2/c2*1-13(28-18-11-20(25)27-12-16(18)22(26)30)19-10-14-6-5-9-17(24)21(14)23(31)29(19)15-7-3-2-4-8-15/h2-13H,1H3,(H2,26,30)(H,27,28);2-13H,1H3,(H2,26,30)(H3,25,27,28)/t2*13-/m00/s1. The van der Waals surface area contributed by atoms with Crippen LogP contribution in [-0.2, 0) is 0 Å². The number of nitrogens with one attached hydrogen (secondary N) is 2. The molecule has 0 aliphatic carbocycles. The fourth-order valence-corrected chi connectivity index (χ4v) is 7.83. The number of rotatable bonds is 10. The molecule has 312 valence electrons. The molecule has 13 nitrogen and oxygen atoms in total. The Morgan fingerprint density at radius 3 is 1.44 bits per heavy atom. The van der Waals surface area contributed by atoms with Gasteiger partial charge < -0.3 is 27.8 Å². The summed E-state index contributed by atoms with van der Waals surface area (Å²) in [5.74, 6) is -1.03. The molecule has 0 aliphatic heterocycles. The molecule has 0 radical (unpaired) electrons. The van der Waals surface area contributed by atoms with Gasteiger partial charge in [0, 0.05) is 41.2 Å². The van der Waals surface area contributed by atoms with Gasteiger partial charge >= 0.3 is 0 Å². The smallest absolute Gasteiger partial charge is 0.264 e. The number of carbonyl (C=O) groups excluding carboxylic acids is 2. The van der Waals surface area contributed by atoms with Crippen molar-refractivity contribution in [2.75, 3.05) is 16.4 Å². The molecule has 4 aromatic carbocycles. The van der Waals surface area contributed by atoms with E-state index >= 15 is 0 Å². The molecule has 0 unspecified atom stereocenters. The van der Waals surface area contributed by atoms with Crippen LogP contribution in [0.3, 0.4) is 0 Å². The maximum atomic E-state index is 13.5. The second-order valence-corrected chi connectivity index (χ2v) is 15.4. The van der Waals surface area contributed by atoms with Crippen LogP contribution in [0.1, 0.15) is 58.0 Å². The van der Waals surface area contributed by atoms with E-state index in [-0.39, 0.29) is 33.2 Å². The number of benzene rings is 4. The molecule has 8 rings (SSSR count). The Morgan fingerprint density at radius 1 is 0.581 bits per heavy atom. The first-order valence-corrected chi connectivity index (χ1v) is 20.2. The molecule has 0 saturated heterocycles. The summed E-state index contributed by atoms with van der Waals surface area (Å²) in [5.41, 5.74) is 20.3. The molecule has 0 fully saturated rings. The van der Waals surface area contributed by atoms with Gasteiger partial charge in [0.05, 0.1) is 55.4 Å². The summed E-state index contributed by atoms with van der Waals surface area (Å²) in [6.45, 7) is 3.76. The molecule has 2 amide bonds. The minimum Gasteiger partial charge on any atom is -0.384 e. The van der Waals surface area contributed by atoms with Gasteiger partial charge in [-0.3, -0.25) is 28.3 Å². The van der Waals surface area contributed by atoms with Crippen molar-refractivity contribution >= 4 is 85.4 Å². The highest BCUT2D eigenvalue weighted by atomic mass is 35.5. The number of aromatic nitrogens is 4. The summed E-state index contributed by atoms with van der Waals surface area (Å²) < 4.78 is 3.22. The highest BCUT2D eigenvalue weighted by Gasteiger charge is 2.22. The topological polar surface area (TPSA) is 206 Å². The number of anilines is 3. The fraction of sp³-hybridized carbons (Fsp3) is 0.0870. The van der Waals surface area contributed by atoms with Gasteiger partial charge in [-0.25, -0.2) is 9.97 Å². The molecule has 16 heteroatoms. The van der Waals surface area contributed by atoms with Gasteiger partial charge in [0.25, 0.3) is 22.9 Å². The second-order valence-electron chi connectivity index (χ2n) is 14.2. The number of fused-ring (bicyclic) bond motifs is 2. The lowest BCUT2D eigenvalue weighted by molar-refractivity contribution is 0.0992. The monoisotopic (exact) mass is 885 g/mol. The molecule has 62 heavy (non-hydrogen) atoms. The number of amides is 2. The van der Waals surface area contributed by atoms with Crippen molar-refractivity contribution in [1.82, 2.24) is 19.1 Å². The van der Waals surface area contributed by atoms with Crippen LogP contribution < -0.4 is 39.0 Å². The summed E-state index contributed by atoms with van der Waals surface area (Å²) >= 11 is 18.7. The van der Waals surface area contributed by atoms with Gasteiger partial charge in [-0.2, -0.15) is 0 Å². The zero-order valence-electron chi connectivity index (χ0n) is 33.1. The van der Waals surface area contributed by atoms with Crippen molar-refractivity contribution in [3.05, 3.63) is 192 Å². The summed E-state index contributed by atoms with van der Waals surface area (Å²) in [5, 5.41) is 9.80. The van der Waals surface area contributed by atoms with Crippen LogP contribution in [0, 0.1) is 0 Å². The van der Waals surface area contributed by atoms with Gasteiger partial charge in [0.1, 0.15) is 11.0 Å². The molecule has 8 N–H and O–H groups in total. The minimum atomic E-state index is -0.635. The Balaban J connectivity index is 0.000000186. The lowest BCUT2D eigenvalue weighted by Gasteiger charge is -2.23. The van der Waals surface area contributed by atoms with Crippen molar-refractivity contribution < 1.29 is 9.59 Å². The van der Waals surface area contributed by atoms with Crippen molar-refractivity contribution in [3.63, 3.8) is 0 Å². The highest BCUT2D eigenvalue weighted by Crippen LogP contribution is 2.31. The van der Waals surface area contributed by atoms with E-state index in [4.69, 9.17) is 52.0 Å². The number of nitrogens with two attached hydrogens (primary N) is 3. The molecule has 0 bridgehead atoms. The predicted octanol–water partition coefficient (Wildman–Crippen LogP) is 8.86. The van der Waals surface area contributed by atoms with Gasteiger partial charge in [-0.15, -0.1) is 0 Å². The molecule has 2 atom stereocenters. The number of hydrogen-bond donors (Lipinski definition) is 5. The first-order chi connectivity index (χ1) is 29.7. The zero-order valence-corrected chi connectivity index (χ0v) is 35.4. The van der Waals surface area contributed by atoms with Crippen LogP contribution in [0.4, 0.5) is 17.2 Å². The van der Waals surface area contributed by atoms with Crippen LogP contribution in [0.25, 0.3) is 32.9 Å². The average Bonchev–Trinajstić information content (AvgIpc) is 3.24. The molecule has 8 aromatic rings. The fourth-order valence-electron chi connectivity index (χ4n) is 7.15. The molecule has 0 aliphatic rings. The Bertz CT molecular complexity index is 2920. The predicted molar refractivity (Wildman–Crippen MR) is 248 cm³/mol. The summed E-state index contributed by atoms with van der Waals surface area (Å²) in [6, 6.07) is 35.3. The number of primary amides is 2. The molecule has 4 heterocycles. The molecule has 0 spiro atoms. The Morgan fingerprint density at radius 2 is 1.00 bits per heavy atom. The number of hydrogen-bond acceptors (Lipinski definition) is 9. The Kier molecular flexibility index (Phi) is 12.6. The largest absolute Gasteiger partial charge is 0.384 e. The van der Waals surface area contributed by atoms with Crippen molar-refractivity contribution in [3.8, 4) is 11.4 Å². The van der Waals surface area contributed by atoms with Crippen LogP contribution in [-0.4, -0.2) is 30.9 Å². The zero-order chi connectivity index (χ0) is 44.2. The van der Waals surface area contributed by atoms with E-state index in [2.05, 4.69) is 20.6 Å². The van der Waals surface area contributed by atoms with Gasteiger partial charge in [-0.05, 0) is 79.2 Å². The van der Waals surface area contributed by atoms with E-state index in [1.807, 2.05) is 98.8 Å². The van der Waals surface area contributed by atoms with Crippen LogP contribution in [0.15, 0.2) is 143 Å². The minimum absolute atomic E-state index is 0.202. The molecule has 0 saturated carbocycles. The first-order valence-electron chi connectivity index (χ1n) is 19.1. The highest BCUT2D eigenvalue weighted by molar-refractivity contribution is 6.36. The third kappa shape index (κ3) is 8.82. The lowest BCUT2D eigenvalue weighted by atomic mass is 10.1. The molecule has 4 aromatic heterocycles. The lowest BCUT2D eigenvalue weighted by Crippen LogP contribution is -2.26. The number of nitrogen functional groups attached to an aromatic ring is 1. The van der Waals surface area contributed by atoms with Crippen molar-refractivity contribution in [2.24, 2.45) is 11.5 Å². The van der Waals surface area contributed by atoms with Crippen molar-refractivity contribution in [1.29, 1.82) is 0 Å². The number of carbonyl (C=O) groups is 2. The molecular formula is C46H38Cl3N9O4. The summed E-state index contributed by atoms with van der Waals surface area (Å²) in [6.07, 6.45) is 2.65. The maximum Gasteiger partial charge on any atom is 0.264 e. The third-order valence-corrected chi connectivity index (χ3v) is 10.9. The van der Waals surface area contributed by atoms with Crippen molar-refractivity contribution in [2.45, 2.75) is 25.9 Å². The van der Waals surface area contributed by atoms with Crippen LogP contribution in [0.5, 0.6) is 0 Å². The van der Waals surface area contributed by atoms with E-state index in [0.717, 1.165) is 10.8 Å². The number of pyridine rings is 4. The normalized spacial score (nSPS) is 12.0. The van der Waals surface area contributed by atoms with E-state index in [1.165, 1.54) is 18.5 Å². The SMILES string of the molecule is C[C@H](Nc1cc(Cl)ncc1C(N)=O)c1cc2cccc(Cl)c2c(=O)n1-c1ccccc1.C[C@H](Nc1cc(N)ncc1C(N)=O)c1cc2cccc(Cl)c2c(=O)n1-c1ccccc1. The van der Waals surface area contributed by atoms with Crippen LogP contribution >= 0.6 is 34.8 Å². The average molecular weight is 887 g/mol. The number of halogens is 3. The Labute approximate surface area is 369 Å². The first kappa shape index (κ1) is 42.9. The quantitative estimate of drug-likeness (QED) is 0.0831. The van der Waals surface area contributed by atoms with E-state index in [1.54, 1.807) is 39.5 Å². The summed E-state index contributed by atoms with van der Waals surface area (Å²) in [4.78, 5) is 58.5. The van der Waals surface area contributed by atoms with E-state index in [9.17, 15) is 19.2 Å². The van der Waals surface area contributed by atoms with Gasteiger partial charge in [0.15, 0.2) is 0 Å². The van der Waals surface area contributed by atoms with E-state index < -0.39 is 23.9 Å².